The van der Waals surface area contributed by atoms with Crippen LogP contribution < -0.4 is 5.32 Å². The number of aliphatic carboxylic acids is 1. The van der Waals surface area contributed by atoms with Gasteiger partial charge >= 0.3 is 5.97 Å². The van der Waals surface area contributed by atoms with E-state index in [0.717, 1.165) is 18.4 Å². The van der Waals surface area contributed by atoms with Gasteiger partial charge in [0.2, 0.25) is 5.91 Å². The van der Waals surface area contributed by atoms with Crippen LogP contribution in [0, 0.1) is 0 Å². The normalized spacial score (nSPS) is 10.8. The molecule has 0 aromatic heterocycles. The number of hydrogen-bond acceptors (Lipinski definition) is 2. The third-order valence-electron chi connectivity index (χ3n) is 2.74. The number of nitrogens with one attached hydrogen (secondary N) is 1. The van der Waals surface area contributed by atoms with Gasteiger partial charge in [-0.1, -0.05) is 35.7 Å². The molecule has 1 aromatic carbocycles. The molecule has 0 atom stereocenters. The summed E-state index contributed by atoms with van der Waals surface area (Å²) < 4.78 is 0. The molecular formula is C15H17Cl2NO3. The molecule has 0 aliphatic heterocycles. The van der Waals surface area contributed by atoms with Crippen molar-refractivity contribution < 1.29 is 14.7 Å². The van der Waals surface area contributed by atoms with Gasteiger partial charge in [0.1, 0.15) is 0 Å². The van der Waals surface area contributed by atoms with Crippen molar-refractivity contribution in [3.63, 3.8) is 0 Å². The Balaban J connectivity index is 2.27. The number of hydrogen-bond donors (Lipinski definition) is 2. The third-order valence-corrected chi connectivity index (χ3v) is 3.31. The zero-order chi connectivity index (χ0) is 15.7. The summed E-state index contributed by atoms with van der Waals surface area (Å²) in [5.74, 6) is -0.999. The number of carbonyl (C=O) groups is 2. The van der Waals surface area contributed by atoms with Gasteiger partial charge in [0, 0.05) is 29.1 Å². The highest BCUT2D eigenvalue weighted by atomic mass is 35.5. The number of amides is 1. The Kier molecular flexibility index (Phi) is 7.87. The van der Waals surface area contributed by atoms with E-state index in [1.165, 1.54) is 6.08 Å². The Bertz CT molecular complexity index is 530. The molecule has 1 rings (SSSR count). The molecule has 1 amide bonds. The van der Waals surface area contributed by atoms with Crippen LogP contribution in [0.3, 0.4) is 0 Å². The van der Waals surface area contributed by atoms with Crippen molar-refractivity contribution in [2.24, 2.45) is 0 Å². The van der Waals surface area contributed by atoms with Crippen LogP contribution in [0.4, 0.5) is 0 Å². The molecule has 1 aromatic rings. The molecule has 0 saturated carbocycles. The molecule has 21 heavy (non-hydrogen) atoms. The maximum Gasteiger partial charge on any atom is 0.303 e. The van der Waals surface area contributed by atoms with E-state index in [-0.39, 0.29) is 12.3 Å². The first-order valence-electron chi connectivity index (χ1n) is 6.62. The van der Waals surface area contributed by atoms with Gasteiger partial charge in [-0.2, -0.15) is 0 Å². The summed E-state index contributed by atoms with van der Waals surface area (Å²) >= 11 is 11.8. The Morgan fingerprint density at radius 1 is 1.19 bits per heavy atom. The smallest absolute Gasteiger partial charge is 0.303 e. The molecule has 2 N–H and O–H groups in total. The van der Waals surface area contributed by atoms with Crippen LogP contribution in [0.2, 0.25) is 10.0 Å². The molecule has 0 fully saturated rings. The lowest BCUT2D eigenvalue weighted by Gasteiger charge is -2.02. The summed E-state index contributed by atoms with van der Waals surface area (Å²) in [6.45, 7) is 0.525. The number of halogens is 2. The topological polar surface area (TPSA) is 66.4 Å². The van der Waals surface area contributed by atoms with Gasteiger partial charge in [0.25, 0.3) is 0 Å². The van der Waals surface area contributed by atoms with E-state index in [1.54, 1.807) is 24.3 Å². The van der Waals surface area contributed by atoms with Crippen LogP contribution in [0.1, 0.15) is 31.2 Å². The zero-order valence-electron chi connectivity index (χ0n) is 11.4. The van der Waals surface area contributed by atoms with Gasteiger partial charge in [0.15, 0.2) is 0 Å². The molecule has 0 radical (unpaired) electrons. The van der Waals surface area contributed by atoms with E-state index < -0.39 is 5.97 Å². The van der Waals surface area contributed by atoms with Gasteiger partial charge in [0.05, 0.1) is 0 Å². The molecule has 0 aliphatic rings. The molecule has 6 heteroatoms. The number of carboxylic acids is 1. The summed E-state index contributed by atoms with van der Waals surface area (Å²) in [5, 5.41) is 12.2. The monoisotopic (exact) mass is 329 g/mol. The molecule has 0 saturated heterocycles. The molecular weight excluding hydrogens is 313 g/mol. The average Bonchev–Trinajstić information content (AvgIpc) is 2.41. The van der Waals surface area contributed by atoms with Crippen molar-refractivity contribution in [3.8, 4) is 0 Å². The maximum atomic E-state index is 11.6. The average molecular weight is 330 g/mol. The summed E-state index contributed by atoms with van der Waals surface area (Å²) in [7, 11) is 0. The number of unbranched alkanes of at least 4 members (excludes halogenated alkanes) is 2. The highest BCUT2D eigenvalue weighted by Gasteiger charge is 2.00. The van der Waals surface area contributed by atoms with Gasteiger partial charge < -0.3 is 10.4 Å². The first-order valence-corrected chi connectivity index (χ1v) is 7.37. The van der Waals surface area contributed by atoms with Crippen LogP contribution in [-0.2, 0) is 9.59 Å². The Hall–Kier alpha value is -1.52. The van der Waals surface area contributed by atoms with Crippen LogP contribution in [0.5, 0.6) is 0 Å². The SMILES string of the molecule is O=C(O)CCCCCNC(=O)/C=C/c1ccc(Cl)cc1Cl. The number of carboxylic acid groups (broad SMARTS) is 1. The predicted octanol–water partition coefficient (Wildman–Crippen LogP) is 3.77. The van der Waals surface area contributed by atoms with Gasteiger partial charge in [-0.3, -0.25) is 9.59 Å². The zero-order valence-corrected chi connectivity index (χ0v) is 13.0. The first-order chi connectivity index (χ1) is 9.99. The van der Waals surface area contributed by atoms with Crippen molar-refractivity contribution in [3.05, 3.63) is 39.9 Å². The standard InChI is InChI=1S/C15H17Cl2NO3/c16-12-7-5-11(13(17)10-12)6-8-14(19)18-9-3-1-2-4-15(20)21/h5-8,10H,1-4,9H2,(H,18,19)(H,20,21)/b8-6+. The Labute approximate surface area is 133 Å². The van der Waals surface area contributed by atoms with E-state index in [2.05, 4.69) is 5.32 Å². The van der Waals surface area contributed by atoms with Crippen molar-refractivity contribution in [2.45, 2.75) is 25.7 Å². The predicted molar refractivity (Wildman–Crippen MR) is 84.6 cm³/mol. The molecule has 4 nitrogen and oxygen atoms in total. The summed E-state index contributed by atoms with van der Waals surface area (Å²) in [4.78, 5) is 21.9. The highest BCUT2D eigenvalue weighted by molar-refractivity contribution is 6.35. The van der Waals surface area contributed by atoms with E-state index in [1.807, 2.05) is 0 Å². The quantitative estimate of drug-likeness (QED) is 0.563. The number of carbonyl (C=O) groups excluding carboxylic acids is 1. The molecule has 0 bridgehead atoms. The van der Waals surface area contributed by atoms with Gasteiger partial charge in [-0.15, -0.1) is 0 Å². The van der Waals surface area contributed by atoms with Crippen LogP contribution in [0.15, 0.2) is 24.3 Å². The minimum Gasteiger partial charge on any atom is -0.481 e. The second-order valence-corrected chi connectivity index (χ2v) is 5.34. The minimum atomic E-state index is -0.790. The van der Waals surface area contributed by atoms with Gasteiger partial charge in [-0.25, -0.2) is 0 Å². The van der Waals surface area contributed by atoms with Crippen molar-refractivity contribution >= 4 is 41.2 Å². The Morgan fingerprint density at radius 3 is 2.62 bits per heavy atom. The van der Waals surface area contributed by atoms with Crippen molar-refractivity contribution in [1.29, 1.82) is 0 Å². The number of rotatable bonds is 8. The van der Waals surface area contributed by atoms with Gasteiger partial charge in [-0.05, 0) is 36.6 Å². The maximum absolute atomic E-state index is 11.6. The van der Waals surface area contributed by atoms with Crippen LogP contribution in [-0.4, -0.2) is 23.5 Å². The molecule has 0 unspecified atom stereocenters. The summed E-state index contributed by atoms with van der Waals surface area (Å²) in [6.07, 6.45) is 5.36. The van der Waals surface area contributed by atoms with E-state index in [9.17, 15) is 9.59 Å². The molecule has 0 aliphatic carbocycles. The van der Waals surface area contributed by atoms with E-state index >= 15 is 0 Å². The lowest BCUT2D eigenvalue weighted by atomic mass is 10.2. The largest absolute Gasteiger partial charge is 0.481 e. The second kappa shape index (κ2) is 9.42. The van der Waals surface area contributed by atoms with Crippen molar-refractivity contribution in [2.75, 3.05) is 6.54 Å². The van der Waals surface area contributed by atoms with Crippen LogP contribution >= 0.6 is 23.2 Å². The van der Waals surface area contributed by atoms with Crippen LogP contribution in [0.25, 0.3) is 6.08 Å². The van der Waals surface area contributed by atoms with Crippen molar-refractivity contribution in [1.82, 2.24) is 5.32 Å². The van der Waals surface area contributed by atoms with E-state index in [4.69, 9.17) is 28.3 Å². The third kappa shape index (κ3) is 7.73. The first kappa shape index (κ1) is 17.5. The van der Waals surface area contributed by atoms with E-state index in [0.29, 0.717) is 23.0 Å². The number of benzene rings is 1. The lowest BCUT2D eigenvalue weighted by molar-refractivity contribution is -0.137. The Morgan fingerprint density at radius 2 is 1.95 bits per heavy atom. The lowest BCUT2D eigenvalue weighted by Crippen LogP contribution is -2.22. The highest BCUT2D eigenvalue weighted by Crippen LogP contribution is 2.21. The molecule has 114 valence electrons. The summed E-state index contributed by atoms with van der Waals surface area (Å²) in [5.41, 5.74) is 0.720. The minimum absolute atomic E-state index is 0.170. The molecule has 0 heterocycles. The molecule has 0 spiro atoms. The second-order valence-electron chi connectivity index (χ2n) is 4.49. The fraction of sp³-hybridized carbons (Fsp3) is 0.333. The fourth-order valence-corrected chi connectivity index (χ4v) is 2.12. The fourth-order valence-electron chi connectivity index (χ4n) is 1.65. The summed E-state index contributed by atoms with van der Waals surface area (Å²) in [6, 6.07) is 5.05.